The summed E-state index contributed by atoms with van der Waals surface area (Å²) in [6, 6.07) is 21.7. The number of halogens is 1. The largest absolute Gasteiger partial charge is 0.382 e. The van der Waals surface area contributed by atoms with E-state index in [-0.39, 0.29) is 11.5 Å². The highest BCUT2D eigenvalue weighted by Gasteiger charge is 2.24. The minimum absolute atomic E-state index is 0.0426. The van der Waals surface area contributed by atoms with Crippen LogP contribution in [0.1, 0.15) is 52.5 Å². The zero-order valence-corrected chi connectivity index (χ0v) is 21.9. The smallest absolute Gasteiger partial charge is 0.258 e. The molecule has 3 aromatic carbocycles. The van der Waals surface area contributed by atoms with Crippen LogP contribution in [0.2, 0.25) is 0 Å². The molecule has 38 heavy (non-hydrogen) atoms. The summed E-state index contributed by atoms with van der Waals surface area (Å²) in [4.78, 5) is 28.2. The lowest BCUT2D eigenvalue weighted by Gasteiger charge is -2.35. The number of hydrogen-bond acceptors (Lipinski definition) is 4. The lowest BCUT2D eigenvalue weighted by atomic mass is 9.89. The van der Waals surface area contributed by atoms with Crippen molar-refractivity contribution in [2.45, 2.75) is 32.6 Å². The molecule has 0 saturated carbocycles. The van der Waals surface area contributed by atoms with Crippen molar-refractivity contribution >= 4 is 23.2 Å². The maximum atomic E-state index is 14.1. The number of nitrogens with one attached hydrogen (secondary N) is 2. The van der Waals surface area contributed by atoms with E-state index < -0.39 is 11.7 Å². The average molecular weight is 518 g/mol. The van der Waals surface area contributed by atoms with Gasteiger partial charge < -0.3 is 20.3 Å². The normalized spacial score (nSPS) is 13.8. The number of hydrogen-bond donors (Lipinski definition) is 2. The van der Waals surface area contributed by atoms with Crippen molar-refractivity contribution in [3.63, 3.8) is 0 Å². The Bertz CT molecular complexity index is 1210. The van der Waals surface area contributed by atoms with Gasteiger partial charge in [-0.25, -0.2) is 4.39 Å². The van der Waals surface area contributed by atoms with Gasteiger partial charge in [-0.15, -0.1) is 0 Å². The SMILES string of the molecule is CCOCCCNC(=O)c1cc(NC(=O)c2ccccc2F)ccc1N1CCC(Cc2ccccc2)CC1. The summed E-state index contributed by atoms with van der Waals surface area (Å²) in [6.45, 7) is 5.35. The third kappa shape index (κ3) is 7.42. The van der Waals surface area contributed by atoms with Crippen molar-refractivity contribution in [2.24, 2.45) is 5.92 Å². The van der Waals surface area contributed by atoms with E-state index in [9.17, 15) is 14.0 Å². The summed E-state index contributed by atoms with van der Waals surface area (Å²) in [7, 11) is 0. The summed E-state index contributed by atoms with van der Waals surface area (Å²) in [6.07, 6.45) is 3.85. The van der Waals surface area contributed by atoms with E-state index in [4.69, 9.17) is 4.74 Å². The monoisotopic (exact) mass is 517 g/mol. The highest BCUT2D eigenvalue weighted by molar-refractivity contribution is 6.06. The van der Waals surface area contributed by atoms with Crippen LogP contribution in [0.3, 0.4) is 0 Å². The van der Waals surface area contributed by atoms with Crippen molar-refractivity contribution in [3.05, 3.63) is 95.3 Å². The molecule has 0 aromatic heterocycles. The van der Waals surface area contributed by atoms with Crippen LogP contribution >= 0.6 is 0 Å². The molecule has 2 amide bonds. The van der Waals surface area contributed by atoms with Gasteiger partial charge in [-0.1, -0.05) is 42.5 Å². The molecule has 1 aliphatic heterocycles. The van der Waals surface area contributed by atoms with E-state index in [1.54, 1.807) is 18.2 Å². The Morgan fingerprint density at radius 2 is 1.68 bits per heavy atom. The molecule has 0 radical (unpaired) electrons. The van der Waals surface area contributed by atoms with Crippen LogP contribution in [0.15, 0.2) is 72.8 Å². The third-order valence-corrected chi connectivity index (χ3v) is 6.90. The molecular formula is C31H36FN3O3. The maximum absolute atomic E-state index is 14.1. The molecule has 3 aromatic rings. The number of rotatable bonds is 11. The summed E-state index contributed by atoms with van der Waals surface area (Å²) < 4.78 is 19.5. The van der Waals surface area contributed by atoms with Gasteiger partial charge in [0.2, 0.25) is 0 Å². The molecule has 1 aliphatic rings. The Morgan fingerprint density at radius 3 is 2.42 bits per heavy atom. The van der Waals surface area contributed by atoms with Gasteiger partial charge in [0.05, 0.1) is 11.1 Å². The molecule has 0 unspecified atom stereocenters. The fourth-order valence-corrected chi connectivity index (χ4v) is 4.86. The van der Waals surface area contributed by atoms with Gasteiger partial charge in [-0.05, 0) is 74.4 Å². The van der Waals surface area contributed by atoms with Gasteiger partial charge in [-0.2, -0.15) is 0 Å². The van der Waals surface area contributed by atoms with E-state index in [0.29, 0.717) is 43.3 Å². The molecule has 200 valence electrons. The van der Waals surface area contributed by atoms with Gasteiger partial charge in [0.25, 0.3) is 11.8 Å². The van der Waals surface area contributed by atoms with Crippen molar-refractivity contribution in [1.29, 1.82) is 0 Å². The van der Waals surface area contributed by atoms with Crippen LogP contribution in [0.25, 0.3) is 0 Å². The molecule has 0 atom stereocenters. The lowest BCUT2D eigenvalue weighted by molar-refractivity contribution is 0.0943. The second kappa shape index (κ2) is 13.7. The number of amides is 2. The average Bonchev–Trinajstić information content (AvgIpc) is 2.94. The number of carbonyl (C=O) groups is 2. The third-order valence-electron chi connectivity index (χ3n) is 6.90. The van der Waals surface area contributed by atoms with Crippen molar-refractivity contribution in [2.75, 3.05) is 43.1 Å². The number of nitrogens with zero attached hydrogens (tertiary/aromatic N) is 1. The van der Waals surface area contributed by atoms with E-state index in [1.165, 1.54) is 23.8 Å². The summed E-state index contributed by atoms with van der Waals surface area (Å²) in [5, 5.41) is 5.73. The molecule has 4 rings (SSSR count). The van der Waals surface area contributed by atoms with Crippen LogP contribution in [0.4, 0.5) is 15.8 Å². The number of piperidine rings is 1. The number of anilines is 2. The Kier molecular flexibility index (Phi) is 9.87. The predicted octanol–water partition coefficient (Wildman–Crippen LogP) is 5.69. The number of benzene rings is 3. The Morgan fingerprint density at radius 1 is 0.947 bits per heavy atom. The zero-order chi connectivity index (χ0) is 26.7. The van der Waals surface area contributed by atoms with Crippen LogP contribution in [0, 0.1) is 11.7 Å². The van der Waals surface area contributed by atoms with Crippen LogP contribution < -0.4 is 15.5 Å². The van der Waals surface area contributed by atoms with Gasteiger partial charge >= 0.3 is 0 Å². The van der Waals surface area contributed by atoms with Crippen molar-refractivity contribution in [3.8, 4) is 0 Å². The Labute approximate surface area is 224 Å². The van der Waals surface area contributed by atoms with Crippen molar-refractivity contribution in [1.82, 2.24) is 5.32 Å². The number of carbonyl (C=O) groups excluding carboxylic acids is 2. The van der Waals surface area contributed by atoms with Gasteiger partial charge in [0.15, 0.2) is 0 Å². The van der Waals surface area contributed by atoms with E-state index in [0.717, 1.165) is 38.0 Å². The minimum atomic E-state index is -0.591. The van der Waals surface area contributed by atoms with Gasteiger partial charge in [-0.3, -0.25) is 9.59 Å². The quantitative estimate of drug-likeness (QED) is 0.321. The van der Waals surface area contributed by atoms with Gasteiger partial charge in [0, 0.05) is 44.2 Å². The maximum Gasteiger partial charge on any atom is 0.258 e. The van der Waals surface area contributed by atoms with Crippen molar-refractivity contribution < 1.29 is 18.7 Å². The molecule has 0 spiro atoms. The highest BCUT2D eigenvalue weighted by Crippen LogP contribution is 2.30. The zero-order valence-electron chi connectivity index (χ0n) is 21.9. The van der Waals surface area contributed by atoms with E-state index in [2.05, 4.69) is 39.8 Å². The first-order valence-corrected chi connectivity index (χ1v) is 13.4. The first kappa shape index (κ1) is 27.3. The molecule has 1 heterocycles. The molecule has 2 N–H and O–H groups in total. The topological polar surface area (TPSA) is 70.7 Å². The van der Waals surface area contributed by atoms with E-state index in [1.807, 2.05) is 19.1 Å². The van der Waals surface area contributed by atoms with E-state index >= 15 is 0 Å². The summed E-state index contributed by atoms with van der Waals surface area (Å²) in [5.74, 6) is -0.748. The summed E-state index contributed by atoms with van der Waals surface area (Å²) in [5.41, 5.74) is 3.09. The minimum Gasteiger partial charge on any atom is -0.382 e. The van der Waals surface area contributed by atoms with Gasteiger partial charge in [0.1, 0.15) is 5.82 Å². The van der Waals surface area contributed by atoms with Crippen LogP contribution in [0.5, 0.6) is 0 Å². The molecular weight excluding hydrogens is 481 g/mol. The standard InChI is InChI=1S/C31H36FN3O3/c1-2-38-20-8-17-33-30(36)27-22-25(34-31(37)26-11-6-7-12-28(26)32)13-14-29(27)35-18-15-24(16-19-35)21-23-9-4-3-5-10-23/h3-7,9-14,22,24H,2,8,15-21H2,1H3,(H,33,36)(H,34,37). The fraction of sp³-hybridized carbons (Fsp3) is 0.355. The molecule has 7 heteroatoms. The second-order valence-corrected chi connectivity index (χ2v) is 9.59. The predicted molar refractivity (Wildman–Crippen MR) is 149 cm³/mol. The molecule has 1 saturated heterocycles. The first-order chi connectivity index (χ1) is 18.5. The first-order valence-electron chi connectivity index (χ1n) is 13.4. The highest BCUT2D eigenvalue weighted by atomic mass is 19.1. The van der Waals surface area contributed by atoms with Crippen LogP contribution in [-0.2, 0) is 11.2 Å². The number of ether oxygens (including phenoxy) is 1. The molecule has 0 bridgehead atoms. The molecule has 0 aliphatic carbocycles. The Hall–Kier alpha value is -3.71. The second-order valence-electron chi connectivity index (χ2n) is 9.59. The fourth-order valence-electron chi connectivity index (χ4n) is 4.86. The lowest BCUT2D eigenvalue weighted by Crippen LogP contribution is -2.36. The molecule has 1 fully saturated rings. The summed E-state index contributed by atoms with van der Waals surface area (Å²) >= 11 is 0. The van der Waals surface area contributed by atoms with Crippen LogP contribution in [-0.4, -0.2) is 44.7 Å². The molecule has 6 nitrogen and oxygen atoms in total. The Balaban J connectivity index is 1.47.